The molecule has 1 aliphatic rings. The molecule has 1 unspecified atom stereocenters. The van der Waals surface area contributed by atoms with Gasteiger partial charge in [-0.15, -0.1) is 0 Å². The van der Waals surface area contributed by atoms with Gasteiger partial charge in [0.15, 0.2) is 0 Å². The van der Waals surface area contributed by atoms with Gasteiger partial charge < -0.3 is 9.64 Å². The van der Waals surface area contributed by atoms with Crippen LogP contribution in [0.2, 0.25) is 0 Å². The lowest BCUT2D eigenvalue weighted by atomic mass is 10.1. The number of hydrogen-bond acceptors (Lipinski definition) is 3. The van der Waals surface area contributed by atoms with Crippen molar-refractivity contribution in [2.24, 2.45) is 0 Å². The number of benzene rings is 1. The van der Waals surface area contributed by atoms with Gasteiger partial charge in [-0.05, 0) is 31.4 Å². The monoisotopic (exact) mass is 283 g/mol. The average molecular weight is 283 g/mol. The third-order valence-corrected chi connectivity index (χ3v) is 3.47. The van der Waals surface area contributed by atoms with Crippen molar-refractivity contribution in [1.29, 1.82) is 0 Å². The molecule has 0 aliphatic carbocycles. The topological polar surface area (TPSA) is 46.6 Å². The highest BCUT2D eigenvalue weighted by Gasteiger charge is 2.36. The average Bonchev–Trinajstić information content (AvgIpc) is 2.90. The molecule has 0 bridgehead atoms. The molecule has 0 N–H and O–H groups in total. The summed E-state index contributed by atoms with van der Waals surface area (Å²) in [6.07, 6.45) is 1.13. The number of esters is 1. The zero-order valence-corrected chi connectivity index (χ0v) is 11.3. The summed E-state index contributed by atoms with van der Waals surface area (Å²) in [5, 5.41) is 0. The predicted octanol–water partition coefficient (Wildman–Crippen LogP) is 2.05. The summed E-state index contributed by atoms with van der Waals surface area (Å²) in [6.45, 7) is 1.81. The number of aryl methyl sites for hydroxylation is 1. The number of ether oxygens (including phenoxy) is 1. The van der Waals surface area contributed by atoms with Gasteiger partial charge in [-0.3, -0.25) is 4.79 Å². The molecule has 1 fully saturated rings. The van der Waals surface area contributed by atoms with Crippen molar-refractivity contribution in [1.82, 2.24) is 4.90 Å². The summed E-state index contributed by atoms with van der Waals surface area (Å²) in [5.74, 6) is -2.76. The zero-order chi connectivity index (χ0) is 14.9. The van der Waals surface area contributed by atoms with E-state index >= 15 is 0 Å². The van der Waals surface area contributed by atoms with Crippen LogP contribution in [0.4, 0.5) is 8.78 Å². The first-order valence-electron chi connectivity index (χ1n) is 6.30. The Labute approximate surface area is 115 Å². The van der Waals surface area contributed by atoms with E-state index in [2.05, 4.69) is 4.74 Å². The number of likely N-dealkylation sites (tertiary alicyclic amines) is 1. The zero-order valence-electron chi connectivity index (χ0n) is 11.3. The molecule has 4 nitrogen and oxygen atoms in total. The molecule has 20 heavy (non-hydrogen) atoms. The number of halogens is 2. The summed E-state index contributed by atoms with van der Waals surface area (Å²) in [6, 6.07) is 1.16. The Balaban J connectivity index is 2.31. The molecule has 0 radical (unpaired) electrons. The maximum absolute atomic E-state index is 13.7. The van der Waals surface area contributed by atoms with E-state index in [1.165, 1.54) is 25.0 Å². The van der Waals surface area contributed by atoms with Crippen LogP contribution in [0.25, 0.3) is 0 Å². The molecule has 6 heteroatoms. The first-order chi connectivity index (χ1) is 9.45. The lowest BCUT2D eigenvalue weighted by molar-refractivity contribution is -0.145. The Kier molecular flexibility index (Phi) is 4.01. The van der Waals surface area contributed by atoms with Crippen molar-refractivity contribution in [3.05, 3.63) is 34.9 Å². The van der Waals surface area contributed by atoms with Crippen LogP contribution < -0.4 is 0 Å². The van der Waals surface area contributed by atoms with Gasteiger partial charge in [-0.25, -0.2) is 13.6 Å². The smallest absolute Gasteiger partial charge is 0.328 e. The maximum atomic E-state index is 13.7. The fraction of sp³-hybridized carbons (Fsp3) is 0.429. The second-order valence-electron chi connectivity index (χ2n) is 4.76. The fourth-order valence-corrected chi connectivity index (χ4v) is 2.37. The van der Waals surface area contributed by atoms with Gasteiger partial charge in [0.2, 0.25) is 0 Å². The highest BCUT2D eigenvalue weighted by Crippen LogP contribution is 2.23. The summed E-state index contributed by atoms with van der Waals surface area (Å²) in [5.41, 5.74) is -0.0386. The van der Waals surface area contributed by atoms with Crippen LogP contribution in [-0.4, -0.2) is 36.5 Å². The lowest BCUT2D eigenvalue weighted by Crippen LogP contribution is -2.41. The largest absolute Gasteiger partial charge is 0.467 e. The summed E-state index contributed by atoms with van der Waals surface area (Å²) < 4.78 is 31.6. The van der Waals surface area contributed by atoms with Gasteiger partial charge in [-0.2, -0.15) is 0 Å². The van der Waals surface area contributed by atoms with Crippen LogP contribution >= 0.6 is 0 Å². The molecule has 0 aromatic heterocycles. The second-order valence-corrected chi connectivity index (χ2v) is 4.76. The third kappa shape index (κ3) is 2.50. The molecular formula is C14H15F2NO3. The van der Waals surface area contributed by atoms with Crippen molar-refractivity contribution in [3.8, 4) is 0 Å². The van der Waals surface area contributed by atoms with Gasteiger partial charge >= 0.3 is 5.97 Å². The van der Waals surface area contributed by atoms with E-state index in [0.29, 0.717) is 25.5 Å². The molecule has 1 aliphatic heterocycles. The minimum absolute atomic E-state index is 0.184. The lowest BCUT2D eigenvalue weighted by Gasteiger charge is -2.23. The minimum Gasteiger partial charge on any atom is -0.467 e. The second kappa shape index (κ2) is 5.56. The first kappa shape index (κ1) is 14.4. The van der Waals surface area contributed by atoms with Crippen LogP contribution in [0.15, 0.2) is 12.1 Å². The van der Waals surface area contributed by atoms with Crippen LogP contribution in [0.5, 0.6) is 0 Å². The van der Waals surface area contributed by atoms with Crippen molar-refractivity contribution >= 4 is 11.9 Å². The van der Waals surface area contributed by atoms with E-state index in [1.807, 2.05) is 0 Å². The molecule has 1 amide bonds. The standard InChI is InChI=1S/C14H15F2NO3/c1-8-6-9(11(16)7-10(8)15)13(18)17-5-3-4-12(17)14(19)20-2/h6-7,12H,3-5H2,1-2H3. The fourth-order valence-electron chi connectivity index (χ4n) is 2.37. The summed E-state index contributed by atoms with van der Waals surface area (Å²) in [4.78, 5) is 25.2. The molecule has 1 atom stereocenters. The molecule has 0 spiro atoms. The molecule has 2 rings (SSSR count). The van der Waals surface area contributed by atoms with Crippen molar-refractivity contribution in [3.63, 3.8) is 0 Å². The minimum atomic E-state index is -0.923. The number of hydrogen-bond donors (Lipinski definition) is 0. The van der Waals surface area contributed by atoms with Gasteiger partial charge in [0.05, 0.1) is 12.7 Å². The van der Waals surface area contributed by atoms with E-state index in [1.54, 1.807) is 0 Å². The van der Waals surface area contributed by atoms with E-state index in [-0.39, 0.29) is 11.1 Å². The highest BCUT2D eigenvalue weighted by atomic mass is 19.1. The Hall–Kier alpha value is -1.98. The molecule has 1 aromatic carbocycles. The highest BCUT2D eigenvalue weighted by molar-refractivity contribution is 5.97. The Morgan fingerprint density at radius 3 is 2.65 bits per heavy atom. The molecule has 1 heterocycles. The Bertz CT molecular complexity index is 560. The van der Waals surface area contributed by atoms with Gasteiger partial charge in [-0.1, -0.05) is 0 Å². The van der Waals surface area contributed by atoms with Crippen LogP contribution in [0, 0.1) is 18.6 Å². The number of rotatable bonds is 2. The van der Waals surface area contributed by atoms with Crippen LogP contribution in [0.1, 0.15) is 28.8 Å². The normalized spacial score (nSPS) is 18.2. The summed E-state index contributed by atoms with van der Waals surface area (Å²) in [7, 11) is 1.24. The van der Waals surface area contributed by atoms with Crippen LogP contribution in [0.3, 0.4) is 0 Å². The van der Waals surface area contributed by atoms with Gasteiger partial charge in [0.25, 0.3) is 5.91 Å². The Morgan fingerprint density at radius 2 is 2.00 bits per heavy atom. The van der Waals surface area contributed by atoms with Gasteiger partial charge in [0, 0.05) is 12.6 Å². The Morgan fingerprint density at radius 1 is 1.30 bits per heavy atom. The molecule has 1 aromatic rings. The van der Waals surface area contributed by atoms with Crippen LogP contribution in [-0.2, 0) is 9.53 Å². The van der Waals surface area contributed by atoms with E-state index in [0.717, 1.165) is 0 Å². The molecule has 108 valence electrons. The number of nitrogens with zero attached hydrogens (tertiary/aromatic N) is 1. The van der Waals surface area contributed by atoms with Crippen molar-refractivity contribution < 1.29 is 23.1 Å². The number of methoxy groups -OCH3 is 1. The van der Waals surface area contributed by atoms with Crippen molar-refractivity contribution in [2.75, 3.05) is 13.7 Å². The third-order valence-electron chi connectivity index (χ3n) is 3.47. The quantitative estimate of drug-likeness (QED) is 0.780. The number of carbonyl (C=O) groups is 2. The predicted molar refractivity (Wildman–Crippen MR) is 67.2 cm³/mol. The molecular weight excluding hydrogens is 268 g/mol. The molecule has 0 saturated carbocycles. The van der Waals surface area contributed by atoms with E-state index in [9.17, 15) is 18.4 Å². The van der Waals surface area contributed by atoms with E-state index < -0.39 is 29.6 Å². The molecule has 1 saturated heterocycles. The van der Waals surface area contributed by atoms with Gasteiger partial charge in [0.1, 0.15) is 17.7 Å². The first-order valence-corrected chi connectivity index (χ1v) is 6.30. The number of carbonyl (C=O) groups excluding carboxylic acids is 2. The number of amides is 1. The van der Waals surface area contributed by atoms with Crippen molar-refractivity contribution in [2.45, 2.75) is 25.8 Å². The SMILES string of the molecule is COC(=O)C1CCCN1C(=O)c1cc(C)c(F)cc1F. The van der Waals surface area contributed by atoms with E-state index in [4.69, 9.17) is 0 Å². The maximum Gasteiger partial charge on any atom is 0.328 e. The summed E-state index contributed by atoms with van der Waals surface area (Å²) >= 11 is 0.